The van der Waals surface area contributed by atoms with Gasteiger partial charge in [-0.25, -0.2) is 4.39 Å². The van der Waals surface area contributed by atoms with Gasteiger partial charge in [0.05, 0.1) is 11.3 Å². The topological polar surface area (TPSA) is 58.2 Å². The summed E-state index contributed by atoms with van der Waals surface area (Å²) in [4.78, 5) is 24.3. The summed E-state index contributed by atoms with van der Waals surface area (Å²) in [5.74, 6) is -0.510. The van der Waals surface area contributed by atoms with Gasteiger partial charge in [0.1, 0.15) is 5.82 Å². The van der Waals surface area contributed by atoms with E-state index in [0.717, 1.165) is 16.1 Å². The maximum absolute atomic E-state index is 13.0. The van der Waals surface area contributed by atoms with Crippen LogP contribution >= 0.6 is 11.8 Å². The molecule has 0 saturated heterocycles. The third kappa shape index (κ3) is 5.90. The lowest BCUT2D eigenvalue weighted by Gasteiger charge is -2.18. The van der Waals surface area contributed by atoms with Crippen molar-refractivity contribution in [3.8, 4) is 0 Å². The number of anilines is 1. The van der Waals surface area contributed by atoms with Crippen molar-refractivity contribution in [2.24, 2.45) is 0 Å². The summed E-state index contributed by atoms with van der Waals surface area (Å²) in [6.45, 7) is 5.15. The smallest absolute Gasteiger partial charge is 0.233 e. The summed E-state index contributed by atoms with van der Waals surface area (Å²) in [7, 11) is 0. The van der Waals surface area contributed by atoms with E-state index in [-0.39, 0.29) is 28.9 Å². The molecule has 2 aromatic carbocycles. The van der Waals surface area contributed by atoms with E-state index in [0.29, 0.717) is 0 Å². The lowest BCUT2D eigenvalue weighted by atomic mass is 10.1. The highest BCUT2D eigenvalue weighted by Crippen LogP contribution is 2.25. The molecule has 0 aromatic heterocycles. The van der Waals surface area contributed by atoms with E-state index < -0.39 is 0 Å². The number of carbonyl (C=O) groups excluding carboxylic acids is 2. The molecule has 6 heteroatoms. The summed E-state index contributed by atoms with van der Waals surface area (Å²) in [6, 6.07) is 13.2. The molecule has 2 amide bonds. The Morgan fingerprint density at radius 2 is 1.60 bits per heavy atom. The minimum atomic E-state index is -0.297. The molecule has 0 saturated carbocycles. The summed E-state index contributed by atoms with van der Waals surface area (Å²) < 4.78 is 13.0. The Hall–Kier alpha value is -2.34. The lowest BCUT2D eigenvalue weighted by Crippen LogP contribution is -2.33. The minimum Gasteiger partial charge on any atom is -0.349 e. The second-order valence-electron chi connectivity index (χ2n) is 5.75. The highest BCUT2D eigenvalue weighted by molar-refractivity contribution is 8.00. The minimum absolute atomic E-state index is 0.0900. The highest BCUT2D eigenvalue weighted by atomic mass is 32.2. The SMILES string of the molecule is CC(=O)Nc1ccc(S[C@@H](C)C(=O)N[C@@H](C)c2ccc(F)cc2)cc1. The van der Waals surface area contributed by atoms with Crippen molar-refractivity contribution in [2.45, 2.75) is 37.0 Å². The molecule has 0 spiro atoms. The number of nitrogens with one attached hydrogen (secondary N) is 2. The molecular formula is C19H21FN2O2S. The van der Waals surface area contributed by atoms with E-state index in [2.05, 4.69) is 10.6 Å². The number of halogens is 1. The Kier molecular flexibility index (Phi) is 6.58. The molecule has 0 bridgehead atoms. The first-order chi connectivity index (χ1) is 11.8. The molecule has 132 valence electrons. The average molecular weight is 360 g/mol. The molecule has 0 unspecified atom stereocenters. The van der Waals surface area contributed by atoms with Crippen molar-refractivity contribution >= 4 is 29.3 Å². The van der Waals surface area contributed by atoms with Gasteiger partial charge in [0.2, 0.25) is 11.8 Å². The van der Waals surface area contributed by atoms with Crippen LogP contribution in [0.5, 0.6) is 0 Å². The molecule has 0 fully saturated rings. The van der Waals surface area contributed by atoms with Gasteiger partial charge in [0.15, 0.2) is 0 Å². The second kappa shape index (κ2) is 8.67. The van der Waals surface area contributed by atoms with Crippen molar-refractivity contribution in [1.82, 2.24) is 5.32 Å². The van der Waals surface area contributed by atoms with Gasteiger partial charge in [-0.15, -0.1) is 11.8 Å². The van der Waals surface area contributed by atoms with Crippen LogP contribution in [0.1, 0.15) is 32.4 Å². The molecule has 0 heterocycles. The van der Waals surface area contributed by atoms with Crippen molar-refractivity contribution in [3.05, 3.63) is 59.9 Å². The van der Waals surface area contributed by atoms with E-state index in [4.69, 9.17) is 0 Å². The number of hydrogen-bond donors (Lipinski definition) is 2. The first-order valence-electron chi connectivity index (χ1n) is 7.95. The highest BCUT2D eigenvalue weighted by Gasteiger charge is 2.17. The van der Waals surface area contributed by atoms with Crippen molar-refractivity contribution in [1.29, 1.82) is 0 Å². The molecular weight excluding hydrogens is 339 g/mol. The van der Waals surface area contributed by atoms with Gasteiger partial charge in [-0.1, -0.05) is 12.1 Å². The van der Waals surface area contributed by atoms with Crippen LogP contribution in [0.2, 0.25) is 0 Å². The van der Waals surface area contributed by atoms with Crippen LogP contribution in [-0.4, -0.2) is 17.1 Å². The maximum Gasteiger partial charge on any atom is 0.233 e. The Balaban J connectivity index is 1.91. The molecule has 2 aromatic rings. The van der Waals surface area contributed by atoms with Gasteiger partial charge in [-0.05, 0) is 55.8 Å². The first-order valence-corrected chi connectivity index (χ1v) is 8.83. The third-order valence-electron chi connectivity index (χ3n) is 3.59. The number of amides is 2. The molecule has 2 N–H and O–H groups in total. The summed E-state index contributed by atoms with van der Waals surface area (Å²) >= 11 is 1.43. The molecule has 0 radical (unpaired) electrons. The maximum atomic E-state index is 13.0. The molecule has 0 aliphatic heterocycles. The van der Waals surface area contributed by atoms with Crippen molar-refractivity contribution in [3.63, 3.8) is 0 Å². The van der Waals surface area contributed by atoms with E-state index in [1.54, 1.807) is 24.3 Å². The quantitative estimate of drug-likeness (QED) is 0.761. The van der Waals surface area contributed by atoms with Crippen LogP contribution in [0.25, 0.3) is 0 Å². The molecule has 2 rings (SSSR count). The van der Waals surface area contributed by atoms with Crippen molar-refractivity contribution < 1.29 is 14.0 Å². The van der Waals surface area contributed by atoms with Crippen LogP contribution in [0.3, 0.4) is 0 Å². The zero-order valence-electron chi connectivity index (χ0n) is 14.4. The lowest BCUT2D eigenvalue weighted by molar-refractivity contribution is -0.121. The normalized spacial score (nSPS) is 13.0. The van der Waals surface area contributed by atoms with Crippen LogP contribution < -0.4 is 10.6 Å². The number of rotatable bonds is 6. The summed E-state index contributed by atoms with van der Waals surface area (Å²) in [5, 5.41) is 5.35. The number of carbonyl (C=O) groups is 2. The predicted molar refractivity (Wildman–Crippen MR) is 99.0 cm³/mol. The summed E-state index contributed by atoms with van der Waals surface area (Å²) in [6.07, 6.45) is 0. The first kappa shape index (κ1) is 19.0. The Bertz CT molecular complexity index is 732. The van der Waals surface area contributed by atoms with Gasteiger partial charge in [0, 0.05) is 17.5 Å². The zero-order valence-corrected chi connectivity index (χ0v) is 15.2. The van der Waals surface area contributed by atoms with Crippen molar-refractivity contribution in [2.75, 3.05) is 5.32 Å². The van der Waals surface area contributed by atoms with Gasteiger partial charge >= 0.3 is 0 Å². The van der Waals surface area contributed by atoms with E-state index in [1.807, 2.05) is 26.0 Å². The largest absolute Gasteiger partial charge is 0.349 e. The average Bonchev–Trinajstić information content (AvgIpc) is 2.56. The Labute approximate surface area is 151 Å². The molecule has 25 heavy (non-hydrogen) atoms. The number of thioether (sulfide) groups is 1. The standard InChI is InChI=1S/C19H21FN2O2S/c1-12(15-4-6-16(20)7-5-15)21-19(24)13(2)25-18-10-8-17(9-11-18)22-14(3)23/h4-13H,1-3H3,(H,21,24)(H,22,23)/t12-,13-/m0/s1. The van der Waals surface area contributed by atoms with Gasteiger partial charge in [0.25, 0.3) is 0 Å². The third-order valence-corrected chi connectivity index (χ3v) is 4.70. The fourth-order valence-corrected chi connectivity index (χ4v) is 3.12. The Morgan fingerprint density at radius 1 is 1.00 bits per heavy atom. The van der Waals surface area contributed by atoms with Gasteiger partial charge < -0.3 is 10.6 Å². The van der Waals surface area contributed by atoms with Gasteiger partial charge in [-0.3, -0.25) is 9.59 Å². The zero-order chi connectivity index (χ0) is 18.4. The molecule has 0 aliphatic carbocycles. The number of hydrogen-bond acceptors (Lipinski definition) is 3. The second-order valence-corrected chi connectivity index (χ2v) is 7.16. The van der Waals surface area contributed by atoms with Crippen LogP contribution in [0.15, 0.2) is 53.4 Å². The van der Waals surface area contributed by atoms with E-state index >= 15 is 0 Å². The van der Waals surface area contributed by atoms with Crippen LogP contribution in [0.4, 0.5) is 10.1 Å². The monoisotopic (exact) mass is 360 g/mol. The molecule has 4 nitrogen and oxygen atoms in total. The summed E-state index contributed by atoms with van der Waals surface area (Å²) in [5.41, 5.74) is 1.57. The fourth-order valence-electron chi connectivity index (χ4n) is 2.24. The van der Waals surface area contributed by atoms with Crippen LogP contribution in [-0.2, 0) is 9.59 Å². The number of benzene rings is 2. The fraction of sp³-hybridized carbons (Fsp3) is 0.263. The molecule has 0 aliphatic rings. The van der Waals surface area contributed by atoms with E-state index in [1.165, 1.54) is 30.8 Å². The predicted octanol–water partition coefficient (Wildman–Crippen LogP) is 4.14. The Morgan fingerprint density at radius 3 is 2.16 bits per heavy atom. The van der Waals surface area contributed by atoms with Crippen LogP contribution in [0, 0.1) is 5.82 Å². The van der Waals surface area contributed by atoms with Gasteiger partial charge in [-0.2, -0.15) is 0 Å². The molecule has 2 atom stereocenters. The van der Waals surface area contributed by atoms with E-state index in [9.17, 15) is 14.0 Å².